The van der Waals surface area contributed by atoms with Crippen molar-refractivity contribution in [3.05, 3.63) is 65.5 Å². The van der Waals surface area contributed by atoms with Gasteiger partial charge in [0.1, 0.15) is 5.82 Å². The summed E-state index contributed by atoms with van der Waals surface area (Å²) >= 11 is 0. The van der Waals surface area contributed by atoms with Crippen molar-refractivity contribution in [2.75, 3.05) is 6.54 Å². The minimum atomic E-state index is -3.55. The van der Waals surface area contributed by atoms with Gasteiger partial charge in [0.15, 0.2) is 0 Å². The molecule has 1 aliphatic carbocycles. The number of hydrogen-bond donors (Lipinski definition) is 2. The van der Waals surface area contributed by atoms with E-state index in [1.165, 1.54) is 36.4 Å². The number of halogens is 1. The number of hydrogen-bond acceptors (Lipinski definition) is 3. The molecule has 3 rings (SSSR count). The molecule has 144 valence electrons. The average Bonchev–Trinajstić information content (AvgIpc) is 3.12. The van der Waals surface area contributed by atoms with Gasteiger partial charge in [0.25, 0.3) is 5.91 Å². The molecule has 27 heavy (non-hydrogen) atoms. The zero-order chi connectivity index (χ0) is 19.5. The number of benzene rings is 2. The van der Waals surface area contributed by atoms with Crippen molar-refractivity contribution >= 4 is 15.9 Å². The van der Waals surface area contributed by atoms with E-state index >= 15 is 0 Å². The summed E-state index contributed by atoms with van der Waals surface area (Å²) in [5, 5.41) is 3.10. The fraction of sp³-hybridized carbons (Fsp3) is 0.350. The van der Waals surface area contributed by atoms with Gasteiger partial charge >= 0.3 is 0 Å². The summed E-state index contributed by atoms with van der Waals surface area (Å²) in [4.78, 5) is 12.9. The number of nitrogens with one attached hydrogen (secondary N) is 2. The number of carbonyl (C=O) groups excluding carboxylic acids is 1. The van der Waals surface area contributed by atoms with Crippen molar-refractivity contribution in [1.29, 1.82) is 0 Å². The molecule has 0 radical (unpaired) electrons. The van der Waals surface area contributed by atoms with Crippen LogP contribution in [0.5, 0.6) is 0 Å². The van der Waals surface area contributed by atoms with Crippen molar-refractivity contribution < 1.29 is 17.6 Å². The Kier molecular flexibility index (Phi) is 5.62. The first-order valence-corrected chi connectivity index (χ1v) is 10.5. The Morgan fingerprint density at radius 3 is 2.19 bits per heavy atom. The van der Waals surface area contributed by atoms with E-state index in [2.05, 4.69) is 10.0 Å². The lowest BCUT2D eigenvalue weighted by atomic mass is 9.87. The van der Waals surface area contributed by atoms with Crippen LogP contribution in [0, 0.1) is 5.82 Å². The van der Waals surface area contributed by atoms with Gasteiger partial charge in [-0.2, -0.15) is 0 Å². The molecule has 0 aromatic heterocycles. The van der Waals surface area contributed by atoms with Gasteiger partial charge in [-0.1, -0.05) is 31.9 Å². The van der Waals surface area contributed by atoms with Crippen LogP contribution in [0.15, 0.2) is 53.4 Å². The summed E-state index contributed by atoms with van der Waals surface area (Å²) in [6, 6.07) is 12.1. The third-order valence-corrected chi connectivity index (χ3v) is 6.53. The standard InChI is InChI=1S/C20H23FN2O3S/c1-2-22-27(25,26)18-11-5-15(6-12-18)19(24)23-20(13-3-4-14-20)16-7-9-17(21)10-8-16/h5-12,22H,2-4,13-14H2,1H3,(H,23,24). The highest BCUT2D eigenvalue weighted by molar-refractivity contribution is 7.89. The lowest BCUT2D eigenvalue weighted by Crippen LogP contribution is -2.43. The number of carbonyl (C=O) groups is 1. The van der Waals surface area contributed by atoms with E-state index < -0.39 is 15.6 Å². The fourth-order valence-corrected chi connectivity index (χ4v) is 4.62. The van der Waals surface area contributed by atoms with Crippen LogP contribution in [0.3, 0.4) is 0 Å². The summed E-state index contributed by atoms with van der Waals surface area (Å²) in [6.45, 7) is 2.00. The van der Waals surface area contributed by atoms with Crippen LogP contribution in [-0.2, 0) is 15.6 Å². The molecule has 2 N–H and O–H groups in total. The van der Waals surface area contributed by atoms with E-state index in [0.717, 1.165) is 31.2 Å². The number of amides is 1. The van der Waals surface area contributed by atoms with Gasteiger partial charge < -0.3 is 5.32 Å². The molecule has 0 unspecified atom stereocenters. The van der Waals surface area contributed by atoms with Crippen LogP contribution in [0.2, 0.25) is 0 Å². The summed E-state index contributed by atoms with van der Waals surface area (Å²) in [5.74, 6) is -0.579. The normalized spacial score (nSPS) is 16.2. The summed E-state index contributed by atoms with van der Waals surface area (Å²) < 4.78 is 39.7. The molecular formula is C20H23FN2O3S. The Morgan fingerprint density at radius 1 is 1.04 bits per heavy atom. The van der Waals surface area contributed by atoms with E-state index in [9.17, 15) is 17.6 Å². The van der Waals surface area contributed by atoms with Crippen LogP contribution in [0.1, 0.15) is 48.5 Å². The Bertz CT molecular complexity index is 903. The molecule has 7 heteroatoms. The average molecular weight is 390 g/mol. The fourth-order valence-electron chi connectivity index (χ4n) is 3.58. The number of rotatable bonds is 6. The molecule has 1 amide bonds. The molecule has 0 spiro atoms. The molecule has 0 saturated heterocycles. The van der Waals surface area contributed by atoms with Gasteiger partial charge in [0, 0.05) is 12.1 Å². The second kappa shape index (κ2) is 7.78. The van der Waals surface area contributed by atoms with E-state index in [1.807, 2.05) is 0 Å². The topological polar surface area (TPSA) is 75.3 Å². The molecule has 0 bridgehead atoms. The smallest absolute Gasteiger partial charge is 0.251 e. The van der Waals surface area contributed by atoms with Gasteiger partial charge in [0.2, 0.25) is 10.0 Å². The van der Waals surface area contributed by atoms with Crippen molar-refractivity contribution in [3.8, 4) is 0 Å². The van der Waals surface area contributed by atoms with E-state index in [0.29, 0.717) is 12.1 Å². The minimum Gasteiger partial charge on any atom is -0.343 e. The van der Waals surface area contributed by atoms with Gasteiger partial charge in [-0.05, 0) is 54.8 Å². The Hall–Kier alpha value is -2.25. The second-order valence-corrected chi connectivity index (χ2v) is 8.54. The third-order valence-electron chi connectivity index (χ3n) is 4.97. The maximum Gasteiger partial charge on any atom is 0.251 e. The van der Waals surface area contributed by atoms with Crippen molar-refractivity contribution in [2.24, 2.45) is 0 Å². The van der Waals surface area contributed by atoms with Crippen LogP contribution in [-0.4, -0.2) is 20.9 Å². The van der Waals surface area contributed by atoms with Gasteiger partial charge in [-0.3, -0.25) is 4.79 Å². The van der Waals surface area contributed by atoms with Gasteiger partial charge in [-0.15, -0.1) is 0 Å². The molecular weight excluding hydrogens is 367 g/mol. The Morgan fingerprint density at radius 2 is 1.63 bits per heavy atom. The first-order chi connectivity index (χ1) is 12.9. The van der Waals surface area contributed by atoms with E-state index in [1.54, 1.807) is 19.1 Å². The van der Waals surface area contributed by atoms with Crippen LogP contribution >= 0.6 is 0 Å². The summed E-state index contributed by atoms with van der Waals surface area (Å²) in [6.07, 6.45) is 3.55. The van der Waals surface area contributed by atoms with Crippen LogP contribution in [0.4, 0.5) is 4.39 Å². The Labute approximate surface area is 159 Å². The van der Waals surface area contributed by atoms with Crippen molar-refractivity contribution in [3.63, 3.8) is 0 Å². The van der Waals surface area contributed by atoms with Crippen molar-refractivity contribution in [1.82, 2.24) is 10.0 Å². The summed E-state index contributed by atoms with van der Waals surface area (Å²) in [7, 11) is -3.55. The molecule has 2 aromatic carbocycles. The highest BCUT2D eigenvalue weighted by atomic mass is 32.2. The zero-order valence-corrected chi connectivity index (χ0v) is 16.0. The maximum atomic E-state index is 13.3. The first-order valence-electron chi connectivity index (χ1n) is 9.05. The second-order valence-electron chi connectivity index (χ2n) is 6.78. The Balaban J connectivity index is 1.82. The SMILES string of the molecule is CCNS(=O)(=O)c1ccc(C(=O)NC2(c3ccc(F)cc3)CCCC2)cc1. The van der Waals surface area contributed by atoms with Crippen molar-refractivity contribution in [2.45, 2.75) is 43.0 Å². The molecule has 0 aliphatic heterocycles. The quantitative estimate of drug-likeness (QED) is 0.794. The minimum absolute atomic E-state index is 0.120. The lowest BCUT2D eigenvalue weighted by molar-refractivity contribution is 0.0898. The highest BCUT2D eigenvalue weighted by Gasteiger charge is 2.37. The molecule has 5 nitrogen and oxygen atoms in total. The molecule has 0 heterocycles. The monoisotopic (exact) mass is 390 g/mol. The van der Waals surface area contributed by atoms with E-state index in [4.69, 9.17) is 0 Å². The summed E-state index contributed by atoms with van der Waals surface area (Å²) in [5.41, 5.74) is 0.763. The molecule has 1 fully saturated rings. The van der Waals surface area contributed by atoms with Crippen LogP contribution in [0.25, 0.3) is 0 Å². The molecule has 2 aromatic rings. The van der Waals surface area contributed by atoms with Gasteiger partial charge in [-0.25, -0.2) is 17.5 Å². The predicted octanol–water partition coefficient (Wildman–Crippen LogP) is 3.32. The van der Waals surface area contributed by atoms with Gasteiger partial charge in [0.05, 0.1) is 10.4 Å². The zero-order valence-electron chi connectivity index (χ0n) is 15.2. The molecule has 1 aliphatic rings. The van der Waals surface area contributed by atoms with Crippen LogP contribution < -0.4 is 10.0 Å². The highest BCUT2D eigenvalue weighted by Crippen LogP contribution is 2.39. The lowest BCUT2D eigenvalue weighted by Gasteiger charge is -2.31. The number of sulfonamides is 1. The maximum absolute atomic E-state index is 13.3. The molecule has 1 saturated carbocycles. The predicted molar refractivity (Wildman–Crippen MR) is 101 cm³/mol. The third kappa shape index (κ3) is 4.20. The van der Waals surface area contributed by atoms with E-state index in [-0.39, 0.29) is 16.6 Å². The largest absolute Gasteiger partial charge is 0.343 e. The molecule has 0 atom stereocenters. The first kappa shape index (κ1) is 19.5.